The minimum Gasteiger partial charge on any atom is -0.383 e. The smallest absolute Gasteiger partial charge is 0.213 e. The van der Waals surface area contributed by atoms with Crippen molar-refractivity contribution in [1.82, 2.24) is 10.0 Å². The van der Waals surface area contributed by atoms with Gasteiger partial charge in [0, 0.05) is 19.2 Å². The highest BCUT2D eigenvalue weighted by molar-refractivity contribution is 7.89. The minimum atomic E-state index is -3.20. The van der Waals surface area contributed by atoms with Crippen LogP contribution in [0.15, 0.2) is 0 Å². The summed E-state index contributed by atoms with van der Waals surface area (Å²) in [6.45, 7) is 3.13. The van der Waals surface area contributed by atoms with Crippen molar-refractivity contribution in [3.63, 3.8) is 0 Å². The van der Waals surface area contributed by atoms with E-state index in [0.717, 1.165) is 25.8 Å². The van der Waals surface area contributed by atoms with Crippen LogP contribution >= 0.6 is 0 Å². The molecule has 0 radical (unpaired) electrons. The van der Waals surface area contributed by atoms with E-state index < -0.39 is 10.0 Å². The molecule has 1 fully saturated rings. The van der Waals surface area contributed by atoms with E-state index in [1.54, 1.807) is 14.0 Å². The Labute approximate surface area is 98.0 Å². The van der Waals surface area contributed by atoms with Crippen molar-refractivity contribution < 1.29 is 13.2 Å². The Kier molecular flexibility index (Phi) is 5.68. The first-order chi connectivity index (χ1) is 7.53. The second-order valence-corrected chi connectivity index (χ2v) is 6.20. The van der Waals surface area contributed by atoms with Crippen LogP contribution in [0, 0.1) is 0 Å². The van der Waals surface area contributed by atoms with Gasteiger partial charge >= 0.3 is 0 Å². The normalized spacial score (nSPS) is 24.2. The van der Waals surface area contributed by atoms with E-state index in [4.69, 9.17) is 4.74 Å². The van der Waals surface area contributed by atoms with Gasteiger partial charge in [-0.05, 0) is 26.3 Å². The molecular formula is C10H22N2O3S. The molecule has 1 aliphatic rings. The van der Waals surface area contributed by atoms with Gasteiger partial charge < -0.3 is 10.1 Å². The molecule has 0 bridgehead atoms. The second-order valence-electron chi connectivity index (χ2n) is 4.40. The molecule has 96 valence electrons. The average molecular weight is 250 g/mol. The first-order valence-corrected chi connectivity index (χ1v) is 7.41. The molecule has 0 amide bonds. The van der Waals surface area contributed by atoms with Gasteiger partial charge in [-0.1, -0.05) is 6.42 Å². The predicted molar refractivity (Wildman–Crippen MR) is 63.9 cm³/mol. The number of nitrogens with one attached hydrogen (secondary N) is 2. The predicted octanol–water partition coefficient (Wildman–Crippen LogP) is 0.0828. The maximum atomic E-state index is 11.8. The summed E-state index contributed by atoms with van der Waals surface area (Å²) in [6, 6.07) is -0.0698. The number of sulfonamides is 1. The van der Waals surface area contributed by atoms with Crippen LogP contribution in [0.25, 0.3) is 0 Å². The van der Waals surface area contributed by atoms with E-state index in [9.17, 15) is 8.42 Å². The average Bonchev–Trinajstić information content (AvgIpc) is 2.17. The number of piperidine rings is 1. The Morgan fingerprint density at radius 1 is 1.50 bits per heavy atom. The summed E-state index contributed by atoms with van der Waals surface area (Å²) in [6.07, 6.45) is 3.20. The largest absolute Gasteiger partial charge is 0.383 e. The van der Waals surface area contributed by atoms with Gasteiger partial charge in [-0.2, -0.15) is 0 Å². The lowest BCUT2D eigenvalue weighted by Crippen LogP contribution is -2.45. The molecule has 2 unspecified atom stereocenters. The molecule has 0 aromatic rings. The van der Waals surface area contributed by atoms with Gasteiger partial charge in [0.1, 0.15) is 0 Å². The maximum absolute atomic E-state index is 11.8. The highest BCUT2D eigenvalue weighted by Gasteiger charge is 2.22. The van der Waals surface area contributed by atoms with E-state index in [-0.39, 0.29) is 17.8 Å². The third-order valence-electron chi connectivity index (χ3n) is 2.63. The Bertz CT molecular complexity index is 286. The van der Waals surface area contributed by atoms with Crippen molar-refractivity contribution >= 4 is 10.0 Å². The first kappa shape index (κ1) is 13.9. The standard InChI is InChI=1S/C10H22N2O3S/c1-9(7-15-2)12-16(13,14)8-10-5-3-4-6-11-10/h9-12H,3-8H2,1-2H3. The van der Waals surface area contributed by atoms with Gasteiger partial charge in [0.25, 0.3) is 0 Å². The summed E-state index contributed by atoms with van der Waals surface area (Å²) in [4.78, 5) is 0. The van der Waals surface area contributed by atoms with Gasteiger partial charge in [-0.3, -0.25) is 0 Å². The van der Waals surface area contributed by atoms with Gasteiger partial charge in [-0.25, -0.2) is 13.1 Å². The first-order valence-electron chi connectivity index (χ1n) is 5.76. The Hall–Kier alpha value is -0.170. The zero-order valence-corrected chi connectivity index (χ0v) is 10.8. The van der Waals surface area contributed by atoms with E-state index >= 15 is 0 Å². The van der Waals surface area contributed by atoms with Crippen LogP contribution in [-0.4, -0.2) is 46.5 Å². The van der Waals surface area contributed by atoms with Gasteiger partial charge in [0.2, 0.25) is 10.0 Å². The van der Waals surface area contributed by atoms with Gasteiger partial charge in [-0.15, -0.1) is 0 Å². The van der Waals surface area contributed by atoms with E-state index in [1.807, 2.05) is 0 Å². The molecular weight excluding hydrogens is 228 g/mol. The fraction of sp³-hybridized carbons (Fsp3) is 1.00. The van der Waals surface area contributed by atoms with E-state index in [0.29, 0.717) is 6.61 Å². The van der Waals surface area contributed by atoms with Gasteiger partial charge in [0.05, 0.1) is 12.4 Å². The van der Waals surface area contributed by atoms with Crippen LogP contribution in [0.5, 0.6) is 0 Å². The summed E-state index contributed by atoms with van der Waals surface area (Å²) >= 11 is 0. The molecule has 2 N–H and O–H groups in total. The molecule has 0 aliphatic carbocycles. The number of rotatable bonds is 6. The SMILES string of the molecule is COCC(C)NS(=O)(=O)CC1CCCCN1. The lowest BCUT2D eigenvalue weighted by Gasteiger charge is -2.24. The Balaban J connectivity index is 2.38. The van der Waals surface area contributed by atoms with Crippen LogP contribution in [0.3, 0.4) is 0 Å². The molecule has 0 aromatic carbocycles. The minimum absolute atomic E-state index is 0.0981. The Morgan fingerprint density at radius 2 is 2.25 bits per heavy atom. The Morgan fingerprint density at radius 3 is 2.81 bits per heavy atom. The summed E-state index contributed by atoms with van der Waals surface area (Å²) in [5.74, 6) is 0.168. The molecule has 0 aromatic heterocycles. The fourth-order valence-electron chi connectivity index (χ4n) is 1.97. The summed E-state index contributed by atoms with van der Waals surface area (Å²) in [5.41, 5.74) is 0. The molecule has 5 nitrogen and oxygen atoms in total. The number of methoxy groups -OCH3 is 1. The molecule has 16 heavy (non-hydrogen) atoms. The highest BCUT2D eigenvalue weighted by Crippen LogP contribution is 2.08. The summed E-state index contributed by atoms with van der Waals surface area (Å²) in [7, 11) is -1.63. The summed E-state index contributed by atoms with van der Waals surface area (Å²) < 4.78 is 31.1. The van der Waals surface area contributed by atoms with Crippen molar-refractivity contribution in [1.29, 1.82) is 0 Å². The molecule has 2 atom stereocenters. The summed E-state index contributed by atoms with van der Waals surface area (Å²) in [5, 5.41) is 3.23. The molecule has 6 heteroatoms. The lowest BCUT2D eigenvalue weighted by molar-refractivity contribution is 0.180. The van der Waals surface area contributed by atoms with Crippen molar-refractivity contribution in [3.05, 3.63) is 0 Å². The number of hydrogen-bond acceptors (Lipinski definition) is 4. The van der Waals surface area contributed by atoms with Crippen LogP contribution in [0.4, 0.5) is 0 Å². The van der Waals surface area contributed by atoms with Crippen LogP contribution < -0.4 is 10.0 Å². The van der Waals surface area contributed by atoms with Crippen molar-refractivity contribution in [3.8, 4) is 0 Å². The molecule has 0 saturated carbocycles. The maximum Gasteiger partial charge on any atom is 0.213 e. The number of hydrogen-bond donors (Lipinski definition) is 2. The van der Waals surface area contributed by atoms with E-state index in [2.05, 4.69) is 10.0 Å². The fourth-order valence-corrected chi connectivity index (χ4v) is 3.56. The van der Waals surface area contributed by atoms with Crippen LogP contribution in [0.2, 0.25) is 0 Å². The monoisotopic (exact) mass is 250 g/mol. The van der Waals surface area contributed by atoms with Crippen molar-refractivity contribution in [2.75, 3.05) is 26.0 Å². The second kappa shape index (κ2) is 6.54. The molecule has 1 saturated heterocycles. The van der Waals surface area contributed by atoms with E-state index in [1.165, 1.54) is 0 Å². The van der Waals surface area contributed by atoms with Crippen molar-refractivity contribution in [2.45, 2.75) is 38.3 Å². The highest BCUT2D eigenvalue weighted by atomic mass is 32.2. The lowest BCUT2D eigenvalue weighted by atomic mass is 10.1. The topological polar surface area (TPSA) is 67.4 Å². The third kappa shape index (κ3) is 5.25. The van der Waals surface area contributed by atoms with Gasteiger partial charge in [0.15, 0.2) is 0 Å². The zero-order chi connectivity index (χ0) is 12.0. The quantitative estimate of drug-likeness (QED) is 0.701. The molecule has 1 aliphatic heterocycles. The molecule has 0 spiro atoms. The zero-order valence-electron chi connectivity index (χ0n) is 10.0. The van der Waals surface area contributed by atoms with Crippen molar-refractivity contribution in [2.24, 2.45) is 0 Å². The van der Waals surface area contributed by atoms with Crippen LogP contribution in [-0.2, 0) is 14.8 Å². The number of ether oxygens (including phenoxy) is 1. The third-order valence-corrected chi connectivity index (χ3v) is 4.23. The van der Waals surface area contributed by atoms with Crippen LogP contribution in [0.1, 0.15) is 26.2 Å². The molecule has 1 rings (SSSR count). The molecule has 1 heterocycles.